The molecule has 3 rings (SSSR count). The van der Waals surface area contributed by atoms with Crippen molar-refractivity contribution in [3.05, 3.63) is 5.56 Å². The number of hydrogen-bond acceptors (Lipinski definition) is 5. The topological polar surface area (TPSA) is 60.2 Å². The lowest BCUT2D eigenvalue weighted by Gasteiger charge is -2.07. The number of rotatable bonds is 8. The monoisotopic (exact) mass is 267 g/mol. The maximum absolute atomic E-state index is 5.91. The van der Waals surface area contributed by atoms with Gasteiger partial charge >= 0.3 is 0 Å². The molecular weight excluding hydrogens is 246 g/mol. The van der Waals surface area contributed by atoms with Crippen LogP contribution in [0.25, 0.3) is 0 Å². The molecule has 0 radical (unpaired) electrons. The Labute approximate surface area is 112 Å². The molecule has 2 aliphatic rings. The fourth-order valence-electron chi connectivity index (χ4n) is 2.11. The summed E-state index contributed by atoms with van der Waals surface area (Å²) in [5, 5.41) is 4.63. The Morgan fingerprint density at radius 1 is 1.33 bits per heavy atom. The highest BCUT2D eigenvalue weighted by Gasteiger charge is 2.30. The first-order valence-electron chi connectivity index (χ1n) is 6.91. The first-order valence-corrected chi connectivity index (χ1v) is 7.68. The van der Waals surface area contributed by atoms with E-state index in [2.05, 4.69) is 9.69 Å². The highest BCUT2D eigenvalue weighted by molar-refractivity contribution is 7.10. The summed E-state index contributed by atoms with van der Waals surface area (Å²) in [5.74, 6) is 2.26. The summed E-state index contributed by atoms with van der Waals surface area (Å²) in [4.78, 5) is 0. The third-order valence-corrected chi connectivity index (χ3v) is 4.38. The van der Waals surface area contributed by atoms with Gasteiger partial charge in [-0.1, -0.05) is 0 Å². The van der Waals surface area contributed by atoms with Gasteiger partial charge in [-0.05, 0) is 55.5 Å². The zero-order valence-corrected chi connectivity index (χ0v) is 11.5. The van der Waals surface area contributed by atoms with Crippen molar-refractivity contribution < 1.29 is 4.74 Å². The minimum atomic E-state index is 0.664. The van der Waals surface area contributed by atoms with Crippen LogP contribution in [0.3, 0.4) is 0 Å². The van der Waals surface area contributed by atoms with Crippen LogP contribution in [-0.4, -0.2) is 24.1 Å². The molecule has 0 unspecified atom stereocenters. The molecule has 100 valence electrons. The molecular formula is C13H21N3OS. The summed E-state index contributed by atoms with van der Waals surface area (Å²) in [6.45, 7) is 2.77. The van der Waals surface area contributed by atoms with Gasteiger partial charge in [0.2, 0.25) is 0 Å². The fraction of sp³-hybridized carbons (Fsp3) is 0.769. The van der Waals surface area contributed by atoms with E-state index in [4.69, 9.17) is 10.5 Å². The van der Waals surface area contributed by atoms with E-state index in [0.29, 0.717) is 5.92 Å². The Morgan fingerprint density at radius 3 is 2.89 bits per heavy atom. The predicted molar refractivity (Wildman–Crippen MR) is 75.2 cm³/mol. The van der Waals surface area contributed by atoms with Gasteiger partial charge in [0.15, 0.2) is 0 Å². The Bertz CT molecular complexity index is 399. The fourth-order valence-corrected chi connectivity index (χ4v) is 2.94. The van der Waals surface area contributed by atoms with Crippen molar-refractivity contribution in [2.24, 2.45) is 5.92 Å². The van der Waals surface area contributed by atoms with Gasteiger partial charge in [-0.15, -0.1) is 0 Å². The van der Waals surface area contributed by atoms with Crippen LogP contribution in [0.1, 0.15) is 43.6 Å². The van der Waals surface area contributed by atoms with Gasteiger partial charge in [0.05, 0.1) is 0 Å². The van der Waals surface area contributed by atoms with E-state index in [0.717, 1.165) is 37.9 Å². The summed E-state index contributed by atoms with van der Waals surface area (Å²) < 4.78 is 9.86. The molecule has 0 aromatic carbocycles. The third kappa shape index (κ3) is 3.14. The summed E-state index contributed by atoms with van der Waals surface area (Å²) in [5.41, 5.74) is 7.17. The predicted octanol–water partition coefficient (Wildman–Crippen LogP) is 2.83. The second-order valence-corrected chi connectivity index (χ2v) is 6.16. The molecule has 4 nitrogen and oxygen atoms in total. The van der Waals surface area contributed by atoms with Gasteiger partial charge in [0.1, 0.15) is 10.8 Å². The van der Waals surface area contributed by atoms with Crippen LogP contribution < -0.4 is 11.1 Å². The molecule has 0 saturated heterocycles. The van der Waals surface area contributed by atoms with Crippen molar-refractivity contribution in [1.82, 2.24) is 4.37 Å². The number of aromatic nitrogens is 1. The maximum Gasteiger partial charge on any atom is 0.142 e. The van der Waals surface area contributed by atoms with Crippen LogP contribution in [-0.2, 0) is 4.74 Å². The Morgan fingerprint density at radius 2 is 2.17 bits per heavy atom. The summed E-state index contributed by atoms with van der Waals surface area (Å²) in [6.07, 6.45) is 6.31. The lowest BCUT2D eigenvalue weighted by atomic mass is 10.2. The average molecular weight is 267 g/mol. The molecule has 0 bridgehead atoms. The first-order chi connectivity index (χ1) is 8.84. The molecule has 0 amide bonds. The first kappa shape index (κ1) is 12.2. The van der Waals surface area contributed by atoms with E-state index in [-0.39, 0.29) is 0 Å². The third-order valence-electron chi connectivity index (χ3n) is 3.54. The van der Waals surface area contributed by atoms with E-state index in [1.807, 2.05) is 0 Å². The van der Waals surface area contributed by atoms with Gasteiger partial charge in [0.25, 0.3) is 0 Å². The molecule has 5 heteroatoms. The number of hydrogen-bond donors (Lipinski definition) is 2. The normalized spacial score (nSPS) is 19.1. The molecule has 1 aromatic heterocycles. The highest BCUT2D eigenvalue weighted by atomic mass is 32.1. The number of nitrogens with one attached hydrogen (secondary N) is 1. The SMILES string of the molecule is Nc1nsc(NCCCOCC2CC2)c1C1CC1. The molecule has 2 saturated carbocycles. The molecule has 3 N–H and O–H groups in total. The average Bonchev–Trinajstić information content (AvgIpc) is 3.25. The summed E-state index contributed by atoms with van der Waals surface area (Å²) in [6, 6.07) is 0. The van der Waals surface area contributed by atoms with Crippen LogP contribution in [0.15, 0.2) is 0 Å². The Hall–Kier alpha value is -0.810. The highest BCUT2D eigenvalue weighted by Crippen LogP contribution is 2.47. The van der Waals surface area contributed by atoms with Crippen molar-refractivity contribution in [3.8, 4) is 0 Å². The van der Waals surface area contributed by atoms with E-state index >= 15 is 0 Å². The zero-order valence-electron chi connectivity index (χ0n) is 10.7. The number of ether oxygens (including phenoxy) is 1. The Kier molecular flexibility index (Phi) is 3.70. The molecule has 2 aliphatic carbocycles. The second-order valence-electron chi connectivity index (χ2n) is 5.38. The Balaban J connectivity index is 1.36. The van der Waals surface area contributed by atoms with Crippen molar-refractivity contribution in [2.45, 2.75) is 38.0 Å². The van der Waals surface area contributed by atoms with Gasteiger partial charge in [0, 0.05) is 25.3 Å². The number of anilines is 2. The van der Waals surface area contributed by atoms with Crippen LogP contribution in [0, 0.1) is 5.92 Å². The quantitative estimate of drug-likeness (QED) is 0.711. The van der Waals surface area contributed by atoms with E-state index in [9.17, 15) is 0 Å². The van der Waals surface area contributed by atoms with Gasteiger partial charge in [-0.3, -0.25) is 0 Å². The minimum Gasteiger partial charge on any atom is -0.383 e. The second kappa shape index (κ2) is 5.45. The molecule has 0 aliphatic heterocycles. The summed E-state index contributed by atoms with van der Waals surface area (Å²) in [7, 11) is 0. The standard InChI is InChI=1S/C13H21N3OS/c14-12-11(10-4-5-10)13(18-16-12)15-6-1-7-17-8-9-2-3-9/h9-10,15H,1-8H2,(H2,14,16). The van der Waals surface area contributed by atoms with Crippen molar-refractivity contribution in [1.29, 1.82) is 0 Å². The molecule has 0 atom stereocenters. The van der Waals surface area contributed by atoms with Gasteiger partial charge in [-0.25, -0.2) is 0 Å². The van der Waals surface area contributed by atoms with Crippen LogP contribution in [0.4, 0.5) is 10.8 Å². The van der Waals surface area contributed by atoms with Crippen molar-refractivity contribution in [2.75, 3.05) is 30.8 Å². The van der Waals surface area contributed by atoms with Crippen LogP contribution in [0.5, 0.6) is 0 Å². The van der Waals surface area contributed by atoms with E-state index in [1.165, 1.54) is 47.8 Å². The number of nitrogen functional groups attached to an aromatic ring is 1. The van der Waals surface area contributed by atoms with Crippen LogP contribution >= 0.6 is 11.5 Å². The smallest absolute Gasteiger partial charge is 0.142 e. The van der Waals surface area contributed by atoms with Crippen LogP contribution in [0.2, 0.25) is 0 Å². The number of nitrogens with zero attached hydrogens (tertiary/aromatic N) is 1. The number of nitrogens with two attached hydrogens (primary N) is 1. The molecule has 1 aromatic rings. The lowest BCUT2D eigenvalue weighted by Crippen LogP contribution is -2.07. The van der Waals surface area contributed by atoms with Gasteiger partial charge < -0.3 is 15.8 Å². The minimum absolute atomic E-state index is 0.664. The molecule has 0 spiro atoms. The molecule has 2 fully saturated rings. The van der Waals surface area contributed by atoms with Gasteiger partial charge in [-0.2, -0.15) is 4.37 Å². The molecule has 18 heavy (non-hydrogen) atoms. The largest absolute Gasteiger partial charge is 0.383 e. The zero-order chi connectivity index (χ0) is 12.4. The maximum atomic E-state index is 5.91. The van der Waals surface area contributed by atoms with Crippen molar-refractivity contribution in [3.63, 3.8) is 0 Å². The lowest BCUT2D eigenvalue weighted by molar-refractivity contribution is 0.124. The summed E-state index contributed by atoms with van der Waals surface area (Å²) >= 11 is 1.50. The van der Waals surface area contributed by atoms with E-state index < -0.39 is 0 Å². The van der Waals surface area contributed by atoms with E-state index in [1.54, 1.807) is 0 Å². The molecule has 1 heterocycles. The van der Waals surface area contributed by atoms with Crippen molar-refractivity contribution >= 4 is 22.4 Å².